The molecule has 1 aliphatic heterocycles. The van der Waals surface area contributed by atoms with E-state index in [1.165, 1.54) is 5.01 Å². The van der Waals surface area contributed by atoms with Gasteiger partial charge >= 0.3 is 0 Å². The first-order chi connectivity index (χ1) is 8.92. The van der Waals surface area contributed by atoms with E-state index in [0.29, 0.717) is 25.3 Å². The summed E-state index contributed by atoms with van der Waals surface area (Å²) in [5.74, 6) is -4.99. The van der Waals surface area contributed by atoms with Crippen LogP contribution in [0.3, 0.4) is 0 Å². The molecule has 0 amide bonds. The minimum Gasteiger partial charge on any atom is -0.379 e. The van der Waals surface area contributed by atoms with Gasteiger partial charge in [0.15, 0.2) is 17.5 Å². The van der Waals surface area contributed by atoms with Crippen molar-refractivity contribution in [2.75, 3.05) is 26.3 Å². The predicted molar refractivity (Wildman–Crippen MR) is 59.0 cm³/mol. The molecule has 19 heavy (non-hydrogen) atoms. The van der Waals surface area contributed by atoms with E-state index in [0.717, 1.165) is 0 Å². The van der Waals surface area contributed by atoms with E-state index in [1.54, 1.807) is 0 Å². The molecule has 1 aromatic carbocycles. The Kier molecular flexibility index (Phi) is 4.09. The van der Waals surface area contributed by atoms with Crippen LogP contribution in [0.2, 0.25) is 0 Å². The number of halogens is 3. The Morgan fingerprint density at radius 1 is 1.11 bits per heavy atom. The predicted octanol–water partition coefficient (Wildman–Crippen LogP) is 0.629. The maximum atomic E-state index is 13.4. The van der Waals surface area contributed by atoms with Gasteiger partial charge in [-0.25, -0.2) is 26.6 Å². The van der Waals surface area contributed by atoms with Crippen molar-refractivity contribution in [1.29, 1.82) is 0 Å². The Bertz CT molecular complexity index is 574. The van der Waals surface area contributed by atoms with Crippen LogP contribution in [-0.4, -0.2) is 39.7 Å². The zero-order valence-electron chi connectivity index (χ0n) is 9.70. The zero-order chi connectivity index (χ0) is 14.0. The third-order valence-corrected chi connectivity index (χ3v) is 3.94. The normalized spacial score (nSPS) is 17.6. The summed E-state index contributed by atoms with van der Waals surface area (Å²) >= 11 is 0. The Hall–Kier alpha value is -1.16. The lowest BCUT2D eigenvalue weighted by atomic mass is 10.3. The molecule has 0 radical (unpaired) electrons. The van der Waals surface area contributed by atoms with Crippen molar-refractivity contribution in [1.82, 2.24) is 9.84 Å². The fourth-order valence-corrected chi connectivity index (χ4v) is 2.78. The number of hydrazine groups is 1. The molecule has 1 fully saturated rings. The van der Waals surface area contributed by atoms with Gasteiger partial charge in [0.25, 0.3) is 10.0 Å². The summed E-state index contributed by atoms with van der Waals surface area (Å²) in [6.07, 6.45) is 0. The molecule has 0 unspecified atom stereocenters. The minimum absolute atomic E-state index is 0.282. The van der Waals surface area contributed by atoms with Crippen LogP contribution in [0.5, 0.6) is 0 Å². The van der Waals surface area contributed by atoms with Crippen LogP contribution < -0.4 is 4.83 Å². The van der Waals surface area contributed by atoms with Crippen molar-refractivity contribution in [3.05, 3.63) is 29.6 Å². The van der Waals surface area contributed by atoms with Crippen LogP contribution in [0.4, 0.5) is 13.2 Å². The molecule has 0 atom stereocenters. The highest BCUT2D eigenvalue weighted by atomic mass is 32.2. The minimum atomic E-state index is -4.29. The highest BCUT2D eigenvalue weighted by molar-refractivity contribution is 7.89. The molecule has 106 valence electrons. The van der Waals surface area contributed by atoms with E-state index in [1.807, 2.05) is 0 Å². The Morgan fingerprint density at radius 2 is 1.74 bits per heavy atom. The van der Waals surface area contributed by atoms with Gasteiger partial charge in [0.1, 0.15) is 4.90 Å². The second-order valence-electron chi connectivity index (χ2n) is 3.87. The smallest absolute Gasteiger partial charge is 0.256 e. The van der Waals surface area contributed by atoms with E-state index in [-0.39, 0.29) is 13.1 Å². The molecule has 5 nitrogen and oxygen atoms in total. The SMILES string of the molecule is O=S(=O)(NN1CCOCC1)c1ccc(F)c(F)c1F. The molecule has 0 bridgehead atoms. The number of hydrogen-bond acceptors (Lipinski definition) is 4. The van der Waals surface area contributed by atoms with Crippen LogP contribution in [0.15, 0.2) is 17.0 Å². The summed E-state index contributed by atoms with van der Waals surface area (Å²) in [5.41, 5.74) is 0. The molecule has 0 aromatic heterocycles. The lowest BCUT2D eigenvalue weighted by Gasteiger charge is -2.26. The summed E-state index contributed by atoms with van der Waals surface area (Å²) in [7, 11) is -4.29. The van der Waals surface area contributed by atoms with Gasteiger partial charge in [-0.05, 0) is 12.1 Å². The molecule has 1 saturated heterocycles. The molecular weight excluding hydrogens is 285 g/mol. The summed E-state index contributed by atoms with van der Waals surface area (Å²) in [5, 5.41) is 1.31. The first-order valence-electron chi connectivity index (χ1n) is 5.40. The van der Waals surface area contributed by atoms with Gasteiger partial charge in [-0.1, -0.05) is 0 Å². The van der Waals surface area contributed by atoms with Crippen molar-refractivity contribution in [3.8, 4) is 0 Å². The third-order valence-electron chi connectivity index (χ3n) is 2.55. The summed E-state index contributed by atoms with van der Waals surface area (Å²) in [6.45, 7) is 1.21. The fraction of sp³-hybridized carbons (Fsp3) is 0.400. The largest absolute Gasteiger partial charge is 0.379 e. The number of ether oxygens (including phenoxy) is 1. The van der Waals surface area contributed by atoms with Crippen LogP contribution >= 0.6 is 0 Å². The van der Waals surface area contributed by atoms with Gasteiger partial charge < -0.3 is 4.74 Å². The molecule has 1 heterocycles. The van der Waals surface area contributed by atoms with E-state index in [2.05, 4.69) is 4.83 Å². The van der Waals surface area contributed by atoms with Gasteiger partial charge in [-0.3, -0.25) is 0 Å². The highest BCUT2D eigenvalue weighted by Gasteiger charge is 2.26. The first-order valence-corrected chi connectivity index (χ1v) is 6.89. The number of rotatable bonds is 3. The number of nitrogens with one attached hydrogen (secondary N) is 1. The van der Waals surface area contributed by atoms with Gasteiger partial charge in [0.2, 0.25) is 0 Å². The van der Waals surface area contributed by atoms with Crippen molar-refractivity contribution < 1.29 is 26.3 Å². The second-order valence-corrected chi connectivity index (χ2v) is 5.50. The molecule has 1 aliphatic rings. The molecule has 1 N–H and O–H groups in total. The van der Waals surface area contributed by atoms with Crippen LogP contribution in [0.1, 0.15) is 0 Å². The van der Waals surface area contributed by atoms with E-state index >= 15 is 0 Å². The maximum Gasteiger partial charge on any atom is 0.256 e. The molecule has 9 heteroatoms. The van der Waals surface area contributed by atoms with E-state index < -0.39 is 32.4 Å². The molecule has 0 spiro atoms. The van der Waals surface area contributed by atoms with Crippen molar-refractivity contribution in [2.45, 2.75) is 4.90 Å². The maximum absolute atomic E-state index is 13.4. The fourth-order valence-electron chi connectivity index (χ4n) is 1.59. The number of benzene rings is 1. The Morgan fingerprint density at radius 3 is 2.37 bits per heavy atom. The van der Waals surface area contributed by atoms with Gasteiger partial charge in [0.05, 0.1) is 13.2 Å². The number of morpholine rings is 1. The number of hydrogen-bond donors (Lipinski definition) is 1. The number of nitrogens with zero attached hydrogens (tertiary/aromatic N) is 1. The Balaban J connectivity index is 2.26. The van der Waals surface area contributed by atoms with Gasteiger partial charge in [-0.15, -0.1) is 4.83 Å². The van der Waals surface area contributed by atoms with Gasteiger partial charge in [0, 0.05) is 13.1 Å². The van der Waals surface area contributed by atoms with E-state index in [4.69, 9.17) is 4.74 Å². The monoisotopic (exact) mass is 296 g/mol. The third kappa shape index (κ3) is 3.06. The van der Waals surface area contributed by atoms with Crippen molar-refractivity contribution in [3.63, 3.8) is 0 Å². The van der Waals surface area contributed by atoms with E-state index in [9.17, 15) is 21.6 Å². The summed E-state index contributed by atoms with van der Waals surface area (Å²) < 4.78 is 68.0. The molecule has 0 saturated carbocycles. The average molecular weight is 296 g/mol. The van der Waals surface area contributed by atoms with Crippen LogP contribution in [0.25, 0.3) is 0 Å². The lowest BCUT2D eigenvalue weighted by Crippen LogP contribution is -2.48. The van der Waals surface area contributed by atoms with Gasteiger partial charge in [-0.2, -0.15) is 0 Å². The van der Waals surface area contributed by atoms with Crippen molar-refractivity contribution >= 4 is 10.0 Å². The van der Waals surface area contributed by atoms with Crippen molar-refractivity contribution in [2.24, 2.45) is 0 Å². The molecule has 2 rings (SSSR count). The Labute approximate surface area is 108 Å². The quantitative estimate of drug-likeness (QED) is 0.831. The molecular formula is C10H11F3N2O3S. The zero-order valence-corrected chi connectivity index (χ0v) is 10.5. The average Bonchev–Trinajstić information content (AvgIpc) is 2.36. The summed E-state index contributed by atoms with van der Waals surface area (Å²) in [4.78, 5) is 1.16. The summed E-state index contributed by atoms with van der Waals surface area (Å²) in [6, 6.07) is 1.24. The van der Waals surface area contributed by atoms with Crippen LogP contribution in [-0.2, 0) is 14.8 Å². The van der Waals surface area contributed by atoms with Crippen LogP contribution in [0, 0.1) is 17.5 Å². The molecule has 1 aromatic rings. The highest BCUT2D eigenvalue weighted by Crippen LogP contribution is 2.19. The second kappa shape index (κ2) is 5.45. The number of sulfonamides is 1. The topological polar surface area (TPSA) is 58.6 Å². The first kappa shape index (κ1) is 14.3. The standard InChI is InChI=1S/C10H11F3N2O3S/c11-7-1-2-8(10(13)9(7)12)19(16,17)14-15-3-5-18-6-4-15/h1-2,14H,3-6H2. The lowest BCUT2D eigenvalue weighted by molar-refractivity contribution is 0.0272. The molecule has 0 aliphatic carbocycles.